The average Bonchev–Trinajstić information content (AvgIpc) is 3.39. The molecule has 2 heterocycles. The van der Waals surface area contributed by atoms with Crippen molar-refractivity contribution in [2.45, 2.75) is 33.3 Å². The fourth-order valence-electron chi connectivity index (χ4n) is 3.51. The van der Waals surface area contributed by atoms with Crippen LogP contribution in [0.25, 0.3) is 0 Å². The van der Waals surface area contributed by atoms with Crippen molar-refractivity contribution in [1.82, 2.24) is 19.6 Å². The zero-order chi connectivity index (χ0) is 26.0. The van der Waals surface area contributed by atoms with E-state index in [1.807, 2.05) is 0 Å². The molecule has 2 aromatic carbocycles. The molecule has 36 heavy (non-hydrogen) atoms. The van der Waals surface area contributed by atoms with Gasteiger partial charge in [-0.1, -0.05) is 39.7 Å². The van der Waals surface area contributed by atoms with Gasteiger partial charge in [-0.3, -0.25) is 9.48 Å². The van der Waals surface area contributed by atoms with Gasteiger partial charge in [-0.05, 0) is 55.8 Å². The standard InChI is InChI=1S/C24H20BrClF3N5O2/c1-14-22(15(2)34(31-14)12-16-4-3-5-17(10-16)24(27,28)29)30-23(35)20-8-9-33(32-20)13-36-21-7-6-18(25)11-19(21)26/h3-11H,12-13H2,1-2H3,(H,30,35). The Morgan fingerprint density at radius 1 is 1.14 bits per heavy atom. The third kappa shape index (κ3) is 5.90. The summed E-state index contributed by atoms with van der Waals surface area (Å²) in [7, 11) is 0. The van der Waals surface area contributed by atoms with E-state index >= 15 is 0 Å². The predicted octanol–water partition coefficient (Wildman–Crippen LogP) is 6.47. The van der Waals surface area contributed by atoms with Crippen LogP contribution >= 0.6 is 27.5 Å². The SMILES string of the molecule is Cc1nn(Cc2cccc(C(F)(F)F)c2)c(C)c1NC(=O)c1ccn(COc2ccc(Br)cc2Cl)n1. The second-order valence-electron chi connectivity index (χ2n) is 7.94. The van der Waals surface area contributed by atoms with Crippen molar-refractivity contribution in [1.29, 1.82) is 0 Å². The molecule has 0 fully saturated rings. The van der Waals surface area contributed by atoms with Crippen molar-refractivity contribution in [2.75, 3.05) is 5.32 Å². The van der Waals surface area contributed by atoms with E-state index in [1.165, 1.54) is 10.7 Å². The molecule has 188 valence electrons. The van der Waals surface area contributed by atoms with Gasteiger partial charge in [0.25, 0.3) is 5.91 Å². The van der Waals surface area contributed by atoms with E-state index in [0.29, 0.717) is 33.4 Å². The Hall–Kier alpha value is -3.31. The molecule has 12 heteroatoms. The number of aromatic nitrogens is 4. The Morgan fingerprint density at radius 2 is 1.92 bits per heavy atom. The van der Waals surface area contributed by atoms with Gasteiger partial charge in [0.15, 0.2) is 12.4 Å². The van der Waals surface area contributed by atoms with Crippen LogP contribution in [0.3, 0.4) is 0 Å². The van der Waals surface area contributed by atoms with Crippen LogP contribution in [0.1, 0.15) is 33.0 Å². The summed E-state index contributed by atoms with van der Waals surface area (Å²) in [6.45, 7) is 3.61. The first-order valence-corrected chi connectivity index (χ1v) is 11.8. The highest BCUT2D eigenvalue weighted by Gasteiger charge is 2.30. The van der Waals surface area contributed by atoms with E-state index in [1.54, 1.807) is 55.1 Å². The van der Waals surface area contributed by atoms with Crippen molar-refractivity contribution < 1.29 is 22.7 Å². The number of halogens is 5. The zero-order valence-corrected chi connectivity index (χ0v) is 21.4. The number of rotatable bonds is 7. The average molecular weight is 583 g/mol. The van der Waals surface area contributed by atoms with E-state index in [-0.39, 0.29) is 19.0 Å². The molecular formula is C24H20BrClF3N5O2. The monoisotopic (exact) mass is 581 g/mol. The highest BCUT2D eigenvalue weighted by atomic mass is 79.9. The molecular weight excluding hydrogens is 563 g/mol. The number of hydrogen-bond donors (Lipinski definition) is 1. The van der Waals surface area contributed by atoms with E-state index in [9.17, 15) is 18.0 Å². The Bertz CT molecular complexity index is 1420. The summed E-state index contributed by atoms with van der Waals surface area (Å²) in [4.78, 5) is 12.8. The van der Waals surface area contributed by atoms with Gasteiger partial charge in [0.1, 0.15) is 5.75 Å². The number of benzene rings is 2. The molecule has 0 aliphatic carbocycles. The van der Waals surface area contributed by atoms with Gasteiger partial charge >= 0.3 is 6.18 Å². The molecule has 0 saturated heterocycles. The minimum absolute atomic E-state index is 0.0433. The van der Waals surface area contributed by atoms with Crippen molar-refractivity contribution in [3.05, 3.63) is 92.4 Å². The molecule has 4 rings (SSSR count). The Labute approximate surface area is 217 Å². The van der Waals surface area contributed by atoms with Crippen molar-refractivity contribution in [2.24, 2.45) is 0 Å². The minimum Gasteiger partial charge on any atom is -0.470 e. The number of aryl methyl sites for hydroxylation is 1. The van der Waals surface area contributed by atoms with Crippen LogP contribution in [0.15, 0.2) is 59.2 Å². The highest BCUT2D eigenvalue weighted by molar-refractivity contribution is 9.10. The Kier molecular flexibility index (Phi) is 7.41. The fraction of sp³-hybridized carbons (Fsp3) is 0.208. The number of ether oxygens (including phenoxy) is 1. The van der Waals surface area contributed by atoms with Crippen LogP contribution in [0.4, 0.5) is 18.9 Å². The molecule has 4 aromatic rings. The van der Waals surface area contributed by atoms with Crippen molar-refractivity contribution in [3.8, 4) is 5.75 Å². The second kappa shape index (κ2) is 10.4. The maximum absolute atomic E-state index is 13.0. The molecule has 0 unspecified atom stereocenters. The summed E-state index contributed by atoms with van der Waals surface area (Å²) in [6, 6.07) is 11.8. The molecule has 2 aromatic heterocycles. The molecule has 0 atom stereocenters. The molecule has 0 saturated carbocycles. The number of carbonyl (C=O) groups is 1. The molecule has 7 nitrogen and oxygen atoms in total. The van der Waals surface area contributed by atoms with Crippen LogP contribution in [0, 0.1) is 13.8 Å². The van der Waals surface area contributed by atoms with Crippen LogP contribution in [0.2, 0.25) is 5.02 Å². The number of hydrogen-bond acceptors (Lipinski definition) is 4. The minimum atomic E-state index is -4.43. The Morgan fingerprint density at radius 3 is 2.64 bits per heavy atom. The number of anilines is 1. The number of carbonyl (C=O) groups excluding carboxylic acids is 1. The summed E-state index contributed by atoms with van der Waals surface area (Å²) in [5, 5.41) is 11.8. The number of amides is 1. The topological polar surface area (TPSA) is 74.0 Å². The smallest absolute Gasteiger partial charge is 0.416 e. The number of nitrogens with one attached hydrogen (secondary N) is 1. The normalized spacial score (nSPS) is 11.5. The van der Waals surface area contributed by atoms with E-state index in [4.69, 9.17) is 16.3 Å². The predicted molar refractivity (Wildman–Crippen MR) is 132 cm³/mol. The third-order valence-electron chi connectivity index (χ3n) is 5.33. The summed E-state index contributed by atoms with van der Waals surface area (Å²) in [5.74, 6) is 0.0149. The number of nitrogens with zero attached hydrogens (tertiary/aromatic N) is 4. The lowest BCUT2D eigenvalue weighted by Crippen LogP contribution is -2.15. The lowest BCUT2D eigenvalue weighted by molar-refractivity contribution is -0.137. The van der Waals surface area contributed by atoms with Crippen LogP contribution in [0.5, 0.6) is 5.75 Å². The summed E-state index contributed by atoms with van der Waals surface area (Å²) >= 11 is 9.47. The molecule has 0 spiro atoms. The van der Waals surface area contributed by atoms with Crippen molar-refractivity contribution >= 4 is 39.1 Å². The van der Waals surface area contributed by atoms with Gasteiger partial charge in [-0.15, -0.1) is 0 Å². The second-order valence-corrected chi connectivity index (χ2v) is 9.27. The largest absolute Gasteiger partial charge is 0.470 e. The van der Waals surface area contributed by atoms with Crippen LogP contribution in [-0.4, -0.2) is 25.5 Å². The molecule has 0 bridgehead atoms. The van der Waals surface area contributed by atoms with Gasteiger partial charge in [-0.2, -0.15) is 23.4 Å². The Balaban J connectivity index is 1.43. The van der Waals surface area contributed by atoms with Crippen molar-refractivity contribution in [3.63, 3.8) is 0 Å². The van der Waals surface area contributed by atoms with E-state index < -0.39 is 17.6 Å². The van der Waals surface area contributed by atoms with Crippen LogP contribution < -0.4 is 10.1 Å². The van der Waals surface area contributed by atoms with Gasteiger partial charge in [0, 0.05) is 10.7 Å². The van der Waals surface area contributed by atoms with E-state index in [2.05, 4.69) is 31.4 Å². The zero-order valence-electron chi connectivity index (χ0n) is 19.1. The molecule has 1 N–H and O–H groups in total. The summed E-state index contributed by atoms with van der Waals surface area (Å²) < 4.78 is 48.6. The first kappa shape index (κ1) is 25.8. The maximum Gasteiger partial charge on any atom is 0.416 e. The van der Waals surface area contributed by atoms with Gasteiger partial charge in [-0.25, -0.2) is 4.68 Å². The van der Waals surface area contributed by atoms with Gasteiger partial charge < -0.3 is 10.1 Å². The fourth-order valence-corrected chi connectivity index (χ4v) is 4.24. The lowest BCUT2D eigenvalue weighted by atomic mass is 10.1. The first-order chi connectivity index (χ1) is 17.0. The summed E-state index contributed by atoms with van der Waals surface area (Å²) in [5.41, 5.74) is 1.48. The van der Waals surface area contributed by atoms with Gasteiger partial charge in [0.2, 0.25) is 0 Å². The molecule has 1 amide bonds. The molecule has 0 aliphatic rings. The maximum atomic E-state index is 13.0. The number of alkyl halides is 3. The highest BCUT2D eigenvalue weighted by Crippen LogP contribution is 2.30. The molecule has 0 radical (unpaired) electrons. The molecule has 0 aliphatic heterocycles. The quantitative estimate of drug-likeness (QED) is 0.271. The first-order valence-electron chi connectivity index (χ1n) is 10.6. The summed E-state index contributed by atoms with van der Waals surface area (Å²) in [6.07, 6.45) is -2.83. The third-order valence-corrected chi connectivity index (χ3v) is 6.11. The van der Waals surface area contributed by atoms with Crippen LogP contribution in [-0.2, 0) is 19.5 Å². The van der Waals surface area contributed by atoms with Gasteiger partial charge in [0.05, 0.1) is 34.2 Å². The van der Waals surface area contributed by atoms with E-state index in [0.717, 1.165) is 16.6 Å². The lowest BCUT2D eigenvalue weighted by Gasteiger charge is -2.10.